The van der Waals surface area contributed by atoms with Crippen LogP contribution in [0.1, 0.15) is 10.4 Å². The van der Waals surface area contributed by atoms with Crippen molar-refractivity contribution in [1.29, 1.82) is 0 Å². The number of hydrogen-bond donors (Lipinski definition) is 1. The van der Waals surface area contributed by atoms with Gasteiger partial charge in [0.2, 0.25) is 0 Å². The molecule has 1 N–H and O–H groups in total. The van der Waals surface area contributed by atoms with Crippen LogP contribution in [0.4, 0.5) is 18.9 Å². The third-order valence-corrected chi connectivity index (χ3v) is 3.33. The molecule has 2 rings (SSSR count). The van der Waals surface area contributed by atoms with Crippen molar-refractivity contribution in [3.63, 3.8) is 0 Å². The van der Waals surface area contributed by atoms with Gasteiger partial charge in [-0.25, -0.2) is 13.2 Å². The van der Waals surface area contributed by atoms with E-state index in [1.165, 1.54) is 18.2 Å². The molecular weight excluding hydrogens is 358 g/mol. The van der Waals surface area contributed by atoms with E-state index in [1.807, 2.05) is 0 Å². The van der Waals surface area contributed by atoms with Crippen molar-refractivity contribution in [2.45, 2.75) is 0 Å². The van der Waals surface area contributed by atoms with E-state index in [0.29, 0.717) is 21.6 Å². The van der Waals surface area contributed by atoms with Crippen molar-refractivity contribution in [2.75, 3.05) is 5.32 Å². The Balaban J connectivity index is 2.30. The number of amides is 1. The summed E-state index contributed by atoms with van der Waals surface area (Å²) in [4.78, 5) is 11.9. The average molecular weight is 365 g/mol. The summed E-state index contributed by atoms with van der Waals surface area (Å²) in [6.45, 7) is 0. The molecule has 0 radical (unpaired) electrons. The van der Waals surface area contributed by atoms with E-state index >= 15 is 0 Å². The standard InChI is InChI=1S/C13H6BrClF3NO/c14-8-3-6(15)1-2-7(8)13(20)19-12-5-10(17)9(16)4-11(12)18/h1-5H,(H,19,20). The van der Waals surface area contributed by atoms with Crippen LogP contribution in [0.15, 0.2) is 34.8 Å². The van der Waals surface area contributed by atoms with Crippen molar-refractivity contribution in [2.24, 2.45) is 0 Å². The molecule has 7 heteroatoms. The topological polar surface area (TPSA) is 29.1 Å². The van der Waals surface area contributed by atoms with Crippen LogP contribution in [0.25, 0.3) is 0 Å². The Bertz CT molecular complexity index is 694. The van der Waals surface area contributed by atoms with E-state index < -0.39 is 29.0 Å². The maximum absolute atomic E-state index is 13.4. The lowest BCUT2D eigenvalue weighted by atomic mass is 10.2. The summed E-state index contributed by atoms with van der Waals surface area (Å²) in [5, 5.41) is 2.57. The van der Waals surface area contributed by atoms with Crippen molar-refractivity contribution in [3.8, 4) is 0 Å². The minimum atomic E-state index is -1.33. The molecule has 0 fully saturated rings. The molecule has 0 aliphatic carbocycles. The molecule has 0 saturated heterocycles. The molecule has 2 nitrogen and oxygen atoms in total. The Morgan fingerprint density at radius 3 is 2.35 bits per heavy atom. The smallest absolute Gasteiger partial charge is 0.256 e. The van der Waals surface area contributed by atoms with E-state index in [0.717, 1.165) is 0 Å². The molecule has 0 spiro atoms. The molecule has 1 amide bonds. The van der Waals surface area contributed by atoms with Gasteiger partial charge in [-0.3, -0.25) is 4.79 Å². The van der Waals surface area contributed by atoms with Gasteiger partial charge in [0.25, 0.3) is 5.91 Å². The van der Waals surface area contributed by atoms with Crippen molar-refractivity contribution in [3.05, 3.63) is 62.8 Å². The number of nitrogens with one attached hydrogen (secondary N) is 1. The van der Waals surface area contributed by atoms with Gasteiger partial charge in [-0.2, -0.15) is 0 Å². The summed E-state index contributed by atoms with van der Waals surface area (Å²) < 4.78 is 39.6. The van der Waals surface area contributed by atoms with Crippen LogP contribution in [-0.4, -0.2) is 5.91 Å². The second kappa shape index (κ2) is 5.85. The highest BCUT2D eigenvalue weighted by atomic mass is 79.9. The van der Waals surface area contributed by atoms with E-state index in [1.54, 1.807) is 0 Å². The van der Waals surface area contributed by atoms with Gasteiger partial charge in [0.15, 0.2) is 11.6 Å². The molecule has 20 heavy (non-hydrogen) atoms. The third kappa shape index (κ3) is 3.13. The molecule has 0 atom stereocenters. The van der Waals surface area contributed by atoms with Crippen molar-refractivity contribution < 1.29 is 18.0 Å². The largest absolute Gasteiger partial charge is 0.319 e. The molecular formula is C13H6BrClF3NO. The molecule has 0 bridgehead atoms. The van der Waals surface area contributed by atoms with Gasteiger partial charge in [-0.15, -0.1) is 0 Å². The summed E-state index contributed by atoms with van der Waals surface area (Å²) in [7, 11) is 0. The van der Waals surface area contributed by atoms with Crippen LogP contribution in [-0.2, 0) is 0 Å². The summed E-state index contributed by atoms with van der Waals surface area (Å²) >= 11 is 8.86. The predicted octanol–water partition coefficient (Wildman–Crippen LogP) is 4.77. The highest BCUT2D eigenvalue weighted by molar-refractivity contribution is 9.10. The minimum Gasteiger partial charge on any atom is -0.319 e. The molecule has 0 heterocycles. The lowest BCUT2D eigenvalue weighted by Gasteiger charge is -2.08. The third-order valence-electron chi connectivity index (χ3n) is 2.43. The Morgan fingerprint density at radius 2 is 1.70 bits per heavy atom. The molecule has 0 aromatic heterocycles. The Labute approximate surface area is 125 Å². The first-order valence-electron chi connectivity index (χ1n) is 5.29. The average Bonchev–Trinajstić information content (AvgIpc) is 2.35. The normalized spacial score (nSPS) is 10.4. The highest BCUT2D eigenvalue weighted by Gasteiger charge is 2.15. The monoisotopic (exact) mass is 363 g/mol. The lowest BCUT2D eigenvalue weighted by Crippen LogP contribution is -2.14. The summed E-state index contributed by atoms with van der Waals surface area (Å²) in [6, 6.07) is 5.31. The zero-order valence-corrected chi connectivity index (χ0v) is 12.0. The van der Waals surface area contributed by atoms with Crippen LogP contribution in [0.5, 0.6) is 0 Å². The molecule has 0 aliphatic rings. The lowest BCUT2D eigenvalue weighted by molar-refractivity contribution is 0.102. The molecule has 2 aromatic carbocycles. The van der Waals surface area contributed by atoms with Crippen molar-refractivity contribution in [1.82, 2.24) is 0 Å². The van der Waals surface area contributed by atoms with Crippen LogP contribution in [0.3, 0.4) is 0 Å². The molecule has 0 unspecified atom stereocenters. The molecule has 0 aliphatic heterocycles. The molecule has 104 valence electrons. The SMILES string of the molecule is O=C(Nc1cc(F)c(F)cc1F)c1ccc(Cl)cc1Br. The fourth-order valence-electron chi connectivity index (χ4n) is 1.48. The van der Waals surface area contributed by atoms with E-state index in [9.17, 15) is 18.0 Å². The van der Waals surface area contributed by atoms with Crippen LogP contribution in [0, 0.1) is 17.5 Å². The first-order valence-corrected chi connectivity index (χ1v) is 6.46. The number of halogens is 5. The Kier molecular flexibility index (Phi) is 4.35. The first-order chi connectivity index (χ1) is 9.38. The number of benzene rings is 2. The van der Waals surface area contributed by atoms with E-state index in [-0.39, 0.29) is 5.56 Å². The summed E-state index contributed by atoms with van der Waals surface area (Å²) in [5.41, 5.74) is -0.269. The van der Waals surface area contributed by atoms with Gasteiger partial charge in [-0.05, 0) is 34.1 Å². The van der Waals surface area contributed by atoms with Crippen LogP contribution >= 0.6 is 27.5 Å². The van der Waals surface area contributed by atoms with E-state index in [4.69, 9.17) is 11.6 Å². The number of hydrogen-bond acceptors (Lipinski definition) is 1. The number of carbonyl (C=O) groups is 1. The Hall–Kier alpha value is -1.53. The number of anilines is 1. The summed E-state index contributed by atoms with van der Waals surface area (Å²) in [5.74, 6) is -4.33. The second-order valence-corrected chi connectivity index (χ2v) is 5.12. The zero-order valence-electron chi connectivity index (χ0n) is 9.68. The molecule has 2 aromatic rings. The Morgan fingerprint density at radius 1 is 1.05 bits per heavy atom. The second-order valence-electron chi connectivity index (χ2n) is 3.82. The number of rotatable bonds is 2. The fraction of sp³-hybridized carbons (Fsp3) is 0. The predicted molar refractivity (Wildman–Crippen MR) is 73.4 cm³/mol. The quantitative estimate of drug-likeness (QED) is 0.764. The van der Waals surface area contributed by atoms with Crippen LogP contribution in [0.2, 0.25) is 5.02 Å². The van der Waals surface area contributed by atoms with Crippen molar-refractivity contribution >= 4 is 39.1 Å². The number of carbonyl (C=O) groups excluding carboxylic acids is 1. The fourth-order valence-corrected chi connectivity index (χ4v) is 2.34. The maximum Gasteiger partial charge on any atom is 0.256 e. The highest BCUT2D eigenvalue weighted by Crippen LogP contribution is 2.24. The van der Waals surface area contributed by atoms with Gasteiger partial charge >= 0.3 is 0 Å². The van der Waals surface area contributed by atoms with Crippen LogP contribution < -0.4 is 5.32 Å². The van der Waals surface area contributed by atoms with Gasteiger partial charge in [0.1, 0.15) is 5.82 Å². The zero-order chi connectivity index (χ0) is 14.9. The maximum atomic E-state index is 13.4. The van der Waals surface area contributed by atoms with E-state index in [2.05, 4.69) is 21.2 Å². The first kappa shape index (κ1) is 14.9. The van der Waals surface area contributed by atoms with Gasteiger partial charge in [0.05, 0.1) is 11.3 Å². The minimum absolute atomic E-state index is 0.179. The van der Waals surface area contributed by atoms with Gasteiger partial charge in [-0.1, -0.05) is 11.6 Å². The summed E-state index contributed by atoms with van der Waals surface area (Å²) in [6.07, 6.45) is 0. The van der Waals surface area contributed by atoms with Gasteiger partial charge in [0, 0.05) is 21.6 Å². The molecule has 0 saturated carbocycles. The van der Waals surface area contributed by atoms with Gasteiger partial charge < -0.3 is 5.32 Å².